The van der Waals surface area contributed by atoms with Crippen molar-refractivity contribution in [3.05, 3.63) is 55.5 Å². The molecule has 82 valence electrons. The Bertz CT molecular complexity index is 576. The fourth-order valence-electron chi connectivity index (χ4n) is 1.29. The van der Waals surface area contributed by atoms with Crippen LogP contribution >= 0.6 is 31.9 Å². The second kappa shape index (κ2) is 4.51. The molecule has 0 N–H and O–H groups in total. The highest BCUT2D eigenvalue weighted by molar-refractivity contribution is 9.11. The lowest BCUT2D eigenvalue weighted by molar-refractivity contribution is 0.925. The van der Waals surface area contributed by atoms with Crippen LogP contribution in [0.2, 0.25) is 0 Å². The van der Waals surface area contributed by atoms with Crippen molar-refractivity contribution < 1.29 is 0 Å². The normalized spacial score (nSPS) is 10.4. The minimum absolute atomic E-state index is 0.125. The first-order valence-corrected chi connectivity index (χ1v) is 6.17. The number of pyridine rings is 2. The molecule has 0 radical (unpaired) electrons. The molecular formula is C11H8Br2N2O. The molecule has 0 aliphatic carbocycles. The first-order chi connectivity index (χ1) is 7.58. The Morgan fingerprint density at radius 2 is 2.06 bits per heavy atom. The molecule has 3 nitrogen and oxygen atoms in total. The highest BCUT2D eigenvalue weighted by Crippen LogP contribution is 2.15. The van der Waals surface area contributed by atoms with Crippen LogP contribution in [-0.4, -0.2) is 9.55 Å². The second-order valence-electron chi connectivity index (χ2n) is 3.38. The Morgan fingerprint density at radius 1 is 1.31 bits per heavy atom. The minimum atomic E-state index is -0.125. The average molecular weight is 344 g/mol. The Balaban J connectivity index is 2.64. The SMILES string of the molecule is Cc1ccc(-n2cc(Br)cc(Br)c2=O)nc1. The van der Waals surface area contributed by atoms with Crippen molar-refractivity contribution in [1.29, 1.82) is 0 Å². The molecule has 0 saturated carbocycles. The molecule has 0 aliphatic heterocycles. The van der Waals surface area contributed by atoms with E-state index in [-0.39, 0.29) is 5.56 Å². The highest BCUT2D eigenvalue weighted by atomic mass is 79.9. The van der Waals surface area contributed by atoms with Crippen molar-refractivity contribution in [1.82, 2.24) is 9.55 Å². The van der Waals surface area contributed by atoms with E-state index < -0.39 is 0 Å². The highest BCUT2D eigenvalue weighted by Gasteiger charge is 2.05. The molecular weight excluding hydrogens is 336 g/mol. The molecule has 0 amide bonds. The van der Waals surface area contributed by atoms with E-state index in [1.54, 1.807) is 18.5 Å². The molecule has 5 heteroatoms. The number of aryl methyl sites for hydroxylation is 1. The summed E-state index contributed by atoms with van der Waals surface area (Å²) >= 11 is 6.56. The van der Waals surface area contributed by atoms with Crippen molar-refractivity contribution in [2.75, 3.05) is 0 Å². The quantitative estimate of drug-likeness (QED) is 0.797. The van der Waals surface area contributed by atoms with Gasteiger partial charge in [0.05, 0.1) is 4.47 Å². The van der Waals surface area contributed by atoms with Crippen LogP contribution in [0.1, 0.15) is 5.56 Å². The first kappa shape index (κ1) is 11.5. The van der Waals surface area contributed by atoms with E-state index >= 15 is 0 Å². The van der Waals surface area contributed by atoms with Crippen LogP contribution in [0.4, 0.5) is 0 Å². The van der Waals surface area contributed by atoms with E-state index in [0.29, 0.717) is 10.3 Å². The van der Waals surface area contributed by atoms with Crippen LogP contribution in [-0.2, 0) is 0 Å². The number of aromatic nitrogens is 2. The van der Waals surface area contributed by atoms with Crippen LogP contribution in [0.3, 0.4) is 0 Å². The van der Waals surface area contributed by atoms with Crippen LogP contribution in [0.15, 0.2) is 44.3 Å². The summed E-state index contributed by atoms with van der Waals surface area (Å²) in [5, 5.41) is 0. The van der Waals surface area contributed by atoms with E-state index in [4.69, 9.17) is 0 Å². The van der Waals surface area contributed by atoms with Gasteiger partial charge in [-0.2, -0.15) is 0 Å². The van der Waals surface area contributed by atoms with Gasteiger partial charge >= 0.3 is 0 Å². The Labute approximate surface area is 109 Å². The standard InChI is InChI=1S/C11H8Br2N2O/c1-7-2-3-10(14-5-7)15-6-8(12)4-9(13)11(15)16/h2-6H,1H3. The molecule has 16 heavy (non-hydrogen) atoms. The summed E-state index contributed by atoms with van der Waals surface area (Å²) in [6.07, 6.45) is 3.43. The number of nitrogens with zero attached hydrogens (tertiary/aromatic N) is 2. The maximum Gasteiger partial charge on any atom is 0.270 e. The number of halogens is 2. The summed E-state index contributed by atoms with van der Waals surface area (Å²) in [5.74, 6) is 0.609. The van der Waals surface area contributed by atoms with Gasteiger partial charge in [0.1, 0.15) is 5.82 Å². The predicted molar refractivity (Wildman–Crippen MR) is 70.0 cm³/mol. The van der Waals surface area contributed by atoms with Crippen molar-refractivity contribution in [2.24, 2.45) is 0 Å². The summed E-state index contributed by atoms with van der Waals surface area (Å²) in [5.41, 5.74) is 0.936. The van der Waals surface area contributed by atoms with Crippen LogP contribution in [0.25, 0.3) is 5.82 Å². The first-order valence-electron chi connectivity index (χ1n) is 4.58. The van der Waals surface area contributed by atoms with Gasteiger partial charge in [0, 0.05) is 16.9 Å². The van der Waals surface area contributed by atoms with Crippen molar-refractivity contribution >= 4 is 31.9 Å². The van der Waals surface area contributed by atoms with Crippen molar-refractivity contribution in [3.8, 4) is 5.82 Å². The molecule has 0 aliphatic rings. The average Bonchev–Trinajstić information content (AvgIpc) is 2.25. The van der Waals surface area contributed by atoms with Crippen LogP contribution < -0.4 is 5.56 Å². The van der Waals surface area contributed by atoms with Crippen molar-refractivity contribution in [3.63, 3.8) is 0 Å². The zero-order chi connectivity index (χ0) is 11.7. The molecule has 0 spiro atoms. The van der Waals surface area contributed by atoms with Crippen LogP contribution in [0.5, 0.6) is 0 Å². The van der Waals surface area contributed by atoms with Gasteiger partial charge in [-0.1, -0.05) is 6.07 Å². The minimum Gasteiger partial charge on any atom is -0.268 e. The molecule has 2 rings (SSSR count). The van der Waals surface area contributed by atoms with Gasteiger partial charge in [-0.25, -0.2) is 4.98 Å². The van der Waals surface area contributed by atoms with Crippen molar-refractivity contribution in [2.45, 2.75) is 6.92 Å². The molecule has 2 heterocycles. The maximum absolute atomic E-state index is 11.9. The topological polar surface area (TPSA) is 34.9 Å². The van der Waals surface area contributed by atoms with Gasteiger partial charge in [-0.3, -0.25) is 9.36 Å². The van der Waals surface area contributed by atoms with E-state index in [9.17, 15) is 4.79 Å². The Hall–Kier alpha value is -0.940. The number of hydrogen-bond donors (Lipinski definition) is 0. The lowest BCUT2D eigenvalue weighted by Crippen LogP contribution is -2.19. The maximum atomic E-state index is 11.9. The predicted octanol–water partition coefficient (Wildman–Crippen LogP) is 3.07. The zero-order valence-corrected chi connectivity index (χ0v) is 11.6. The van der Waals surface area contributed by atoms with Gasteiger partial charge in [-0.15, -0.1) is 0 Å². The molecule has 0 atom stereocenters. The molecule has 0 unspecified atom stereocenters. The molecule has 2 aromatic heterocycles. The lowest BCUT2D eigenvalue weighted by Gasteiger charge is -2.06. The van der Waals surface area contributed by atoms with E-state index in [2.05, 4.69) is 36.8 Å². The molecule has 0 aromatic carbocycles. The third-order valence-electron chi connectivity index (χ3n) is 2.08. The fourth-order valence-corrected chi connectivity index (χ4v) is 2.47. The van der Waals surface area contributed by atoms with Gasteiger partial charge < -0.3 is 0 Å². The number of rotatable bonds is 1. The third-order valence-corrected chi connectivity index (χ3v) is 3.08. The van der Waals surface area contributed by atoms with Crippen LogP contribution in [0, 0.1) is 6.92 Å². The summed E-state index contributed by atoms with van der Waals surface area (Å²) < 4.78 is 2.82. The summed E-state index contributed by atoms with van der Waals surface area (Å²) in [7, 11) is 0. The zero-order valence-electron chi connectivity index (χ0n) is 8.45. The molecule has 0 bridgehead atoms. The number of hydrogen-bond acceptors (Lipinski definition) is 2. The van der Waals surface area contributed by atoms with Gasteiger partial charge in [0.15, 0.2) is 0 Å². The Morgan fingerprint density at radius 3 is 2.69 bits per heavy atom. The second-order valence-corrected chi connectivity index (χ2v) is 5.15. The fraction of sp³-hybridized carbons (Fsp3) is 0.0909. The molecule has 0 saturated heterocycles. The van der Waals surface area contributed by atoms with Gasteiger partial charge in [0.2, 0.25) is 0 Å². The summed E-state index contributed by atoms with van der Waals surface area (Å²) in [6, 6.07) is 5.45. The molecule has 0 fully saturated rings. The third kappa shape index (κ3) is 2.25. The van der Waals surface area contributed by atoms with Gasteiger partial charge in [0.25, 0.3) is 5.56 Å². The smallest absolute Gasteiger partial charge is 0.268 e. The lowest BCUT2D eigenvalue weighted by atomic mass is 10.3. The molecule has 2 aromatic rings. The monoisotopic (exact) mass is 342 g/mol. The van der Waals surface area contributed by atoms with E-state index in [1.807, 2.05) is 19.1 Å². The van der Waals surface area contributed by atoms with Gasteiger partial charge in [-0.05, 0) is 56.5 Å². The largest absolute Gasteiger partial charge is 0.270 e. The summed E-state index contributed by atoms with van der Waals surface area (Å²) in [6.45, 7) is 1.95. The Kier molecular flexibility index (Phi) is 3.25. The van der Waals surface area contributed by atoms with E-state index in [0.717, 1.165) is 10.0 Å². The van der Waals surface area contributed by atoms with E-state index in [1.165, 1.54) is 4.57 Å². The summed E-state index contributed by atoms with van der Waals surface area (Å²) in [4.78, 5) is 16.1.